The smallest absolute Gasteiger partial charge is 0.0420 e. The number of thiophene rings is 1. The van der Waals surface area contributed by atoms with Crippen molar-refractivity contribution in [2.24, 2.45) is 0 Å². The molecule has 3 heteroatoms. The Kier molecular flexibility index (Phi) is 2.15. The number of hydrogen-bond donors (Lipinski definition) is 0. The molecule has 0 fully saturated rings. The second kappa shape index (κ2) is 3.02. The molecule has 0 unspecified atom stereocenters. The summed E-state index contributed by atoms with van der Waals surface area (Å²) < 4.78 is 2.44. The van der Waals surface area contributed by atoms with Crippen LogP contribution in [0.25, 0.3) is 10.1 Å². The Labute approximate surface area is 88.3 Å². The summed E-state index contributed by atoms with van der Waals surface area (Å²) in [6.07, 6.45) is 0. The van der Waals surface area contributed by atoms with Crippen molar-refractivity contribution in [3.05, 3.63) is 32.6 Å². The minimum atomic E-state index is 0.802. The molecular formula is C9H6BrClS. The van der Waals surface area contributed by atoms with Crippen LogP contribution in [0.2, 0.25) is 5.02 Å². The molecule has 2 rings (SSSR count). The van der Waals surface area contributed by atoms with Gasteiger partial charge in [0, 0.05) is 24.5 Å². The summed E-state index contributed by atoms with van der Waals surface area (Å²) in [5, 5.41) is 2.05. The SMILES string of the molecule is Cc1sc2cc(Cl)ccc2c1Br. The zero-order valence-corrected chi connectivity index (χ0v) is 9.55. The number of benzene rings is 1. The monoisotopic (exact) mass is 260 g/mol. The van der Waals surface area contributed by atoms with Gasteiger partial charge in [-0.3, -0.25) is 0 Å². The van der Waals surface area contributed by atoms with Crippen LogP contribution in [-0.2, 0) is 0 Å². The van der Waals surface area contributed by atoms with Crippen LogP contribution in [0.5, 0.6) is 0 Å². The summed E-state index contributed by atoms with van der Waals surface area (Å²) in [6, 6.07) is 5.96. The van der Waals surface area contributed by atoms with Gasteiger partial charge in [-0.05, 0) is 35.0 Å². The van der Waals surface area contributed by atoms with Crippen molar-refractivity contribution in [1.29, 1.82) is 0 Å². The van der Waals surface area contributed by atoms with E-state index in [4.69, 9.17) is 11.6 Å². The minimum absolute atomic E-state index is 0.802. The molecule has 0 saturated heterocycles. The molecule has 0 amide bonds. The molecule has 62 valence electrons. The highest BCUT2D eigenvalue weighted by Gasteiger charge is 2.05. The molecule has 0 N–H and O–H groups in total. The van der Waals surface area contributed by atoms with Crippen molar-refractivity contribution >= 4 is 49.0 Å². The number of fused-ring (bicyclic) bond motifs is 1. The van der Waals surface area contributed by atoms with Gasteiger partial charge in [-0.25, -0.2) is 0 Å². The fourth-order valence-corrected chi connectivity index (χ4v) is 3.11. The lowest BCUT2D eigenvalue weighted by atomic mass is 10.2. The second-order valence-corrected chi connectivity index (χ2v) is 5.10. The molecule has 1 heterocycles. The first-order valence-electron chi connectivity index (χ1n) is 3.52. The highest BCUT2D eigenvalue weighted by atomic mass is 79.9. The van der Waals surface area contributed by atoms with E-state index >= 15 is 0 Å². The summed E-state index contributed by atoms with van der Waals surface area (Å²) in [5.74, 6) is 0. The molecular weight excluding hydrogens is 256 g/mol. The van der Waals surface area contributed by atoms with E-state index in [0.717, 1.165) is 5.02 Å². The summed E-state index contributed by atoms with van der Waals surface area (Å²) in [7, 11) is 0. The zero-order valence-electron chi connectivity index (χ0n) is 6.40. The first kappa shape index (κ1) is 8.54. The molecule has 0 aliphatic carbocycles. The highest BCUT2D eigenvalue weighted by Crippen LogP contribution is 2.35. The molecule has 0 spiro atoms. The summed E-state index contributed by atoms with van der Waals surface area (Å²) in [5.41, 5.74) is 0. The Hall–Kier alpha value is -0.0500. The van der Waals surface area contributed by atoms with Gasteiger partial charge in [-0.2, -0.15) is 0 Å². The van der Waals surface area contributed by atoms with Crippen molar-refractivity contribution in [2.45, 2.75) is 6.92 Å². The van der Waals surface area contributed by atoms with Crippen LogP contribution in [0, 0.1) is 6.92 Å². The van der Waals surface area contributed by atoms with E-state index in [9.17, 15) is 0 Å². The summed E-state index contributed by atoms with van der Waals surface area (Å²) in [6.45, 7) is 2.10. The fourth-order valence-electron chi connectivity index (χ4n) is 1.16. The van der Waals surface area contributed by atoms with Gasteiger partial charge in [0.05, 0.1) is 0 Å². The Morgan fingerprint density at radius 3 is 2.92 bits per heavy atom. The predicted molar refractivity (Wildman–Crippen MR) is 59.3 cm³/mol. The molecule has 0 atom stereocenters. The Morgan fingerprint density at radius 2 is 2.17 bits per heavy atom. The minimum Gasteiger partial charge on any atom is -0.139 e. The van der Waals surface area contributed by atoms with Crippen molar-refractivity contribution in [3.8, 4) is 0 Å². The largest absolute Gasteiger partial charge is 0.139 e. The van der Waals surface area contributed by atoms with Crippen molar-refractivity contribution in [2.75, 3.05) is 0 Å². The molecule has 0 radical (unpaired) electrons. The van der Waals surface area contributed by atoms with Crippen LogP contribution >= 0.6 is 38.9 Å². The van der Waals surface area contributed by atoms with Crippen LogP contribution in [0.3, 0.4) is 0 Å². The average molecular weight is 262 g/mol. The Morgan fingerprint density at radius 1 is 1.42 bits per heavy atom. The van der Waals surface area contributed by atoms with Gasteiger partial charge in [0.1, 0.15) is 0 Å². The van der Waals surface area contributed by atoms with E-state index < -0.39 is 0 Å². The standard InChI is InChI=1S/C9H6BrClS/c1-5-9(10)7-3-2-6(11)4-8(7)12-5/h2-4H,1H3. The number of aryl methyl sites for hydroxylation is 1. The quantitative estimate of drug-likeness (QED) is 0.649. The zero-order chi connectivity index (χ0) is 8.72. The van der Waals surface area contributed by atoms with E-state index in [1.807, 2.05) is 18.2 Å². The van der Waals surface area contributed by atoms with E-state index in [1.54, 1.807) is 11.3 Å². The first-order valence-corrected chi connectivity index (χ1v) is 5.51. The van der Waals surface area contributed by atoms with Crippen LogP contribution in [-0.4, -0.2) is 0 Å². The number of halogens is 2. The van der Waals surface area contributed by atoms with Gasteiger partial charge in [0.25, 0.3) is 0 Å². The molecule has 0 bridgehead atoms. The van der Waals surface area contributed by atoms with Gasteiger partial charge in [0.2, 0.25) is 0 Å². The molecule has 2 aromatic rings. The fraction of sp³-hybridized carbons (Fsp3) is 0.111. The van der Waals surface area contributed by atoms with E-state index in [-0.39, 0.29) is 0 Å². The number of hydrogen-bond acceptors (Lipinski definition) is 1. The maximum atomic E-state index is 5.87. The normalized spacial score (nSPS) is 10.9. The van der Waals surface area contributed by atoms with E-state index in [0.29, 0.717) is 0 Å². The number of rotatable bonds is 0. The lowest BCUT2D eigenvalue weighted by Crippen LogP contribution is -1.64. The van der Waals surface area contributed by atoms with Crippen LogP contribution in [0.1, 0.15) is 4.88 Å². The maximum absolute atomic E-state index is 5.87. The van der Waals surface area contributed by atoms with Crippen LogP contribution in [0.15, 0.2) is 22.7 Å². The molecule has 1 aromatic carbocycles. The molecule has 1 aromatic heterocycles. The molecule has 0 aliphatic heterocycles. The first-order chi connectivity index (χ1) is 5.68. The Bertz CT molecular complexity index is 433. The lowest BCUT2D eigenvalue weighted by molar-refractivity contribution is 1.61. The molecule has 0 nitrogen and oxygen atoms in total. The summed E-state index contributed by atoms with van der Waals surface area (Å²) >= 11 is 11.2. The van der Waals surface area contributed by atoms with Crippen LogP contribution < -0.4 is 0 Å². The maximum Gasteiger partial charge on any atom is 0.0420 e. The predicted octanol–water partition coefficient (Wildman–Crippen LogP) is 4.63. The van der Waals surface area contributed by atoms with Gasteiger partial charge < -0.3 is 0 Å². The van der Waals surface area contributed by atoms with Gasteiger partial charge in [0.15, 0.2) is 0 Å². The van der Waals surface area contributed by atoms with Gasteiger partial charge in [-0.15, -0.1) is 11.3 Å². The lowest BCUT2D eigenvalue weighted by Gasteiger charge is -1.90. The second-order valence-electron chi connectivity index (χ2n) is 2.61. The third-order valence-electron chi connectivity index (χ3n) is 1.75. The van der Waals surface area contributed by atoms with Crippen molar-refractivity contribution < 1.29 is 0 Å². The van der Waals surface area contributed by atoms with Crippen molar-refractivity contribution in [3.63, 3.8) is 0 Å². The third kappa shape index (κ3) is 1.28. The van der Waals surface area contributed by atoms with Gasteiger partial charge >= 0.3 is 0 Å². The molecule has 12 heavy (non-hydrogen) atoms. The van der Waals surface area contributed by atoms with Crippen molar-refractivity contribution in [1.82, 2.24) is 0 Å². The summed E-state index contributed by atoms with van der Waals surface area (Å²) in [4.78, 5) is 1.30. The van der Waals surface area contributed by atoms with E-state index in [2.05, 4.69) is 22.9 Å². The third-order valence-corrected chi connectivity index (χ3v) is 4.34. The highest BCUT2D eigenvalue weighted by molar-refractivity contribution is 9.10. The molecule has 0 saturated carbocycles. The topological polar surface area (TPSA) is 0 Å². The van der Waals surface area contributed by atoms with Gasteiger partial charge in [-0.1, -0.05) is 17.7 Å². The Balaban J connectivity index is 2.87. The van der Waals surface area contributed by atoms with E-state index in [1.165, 1.54) is 19.4 Å². The average Bonchev–Trinajstić information content (AvgIpc) is 2.28. The van der Waals surface area contributed by atoms with Crippen LogP contribution in [0.4, 0.5) is 0 Å². The molecule has 0 aliphatic rings.